The molecule has 0 spiro atoms. The van der Waals surface area contributed by atoms with Crippen molar-refractivity contribution in [2.75, 3.05) is 27.3 Å². The van der Waals surface area contributed by atoms with Gasteiger partial charge < -0.3 is 15.4 Å². The van der Waals surface area contributed by atoms with Gasteiger partial charge in [-0.05, 0) is 19.4 Å². The van der Waals surface area contributed by atoms with Gasteiger partial charge in [0.15, 0.2) is 0 Å². The molecule has 0 rings (SSSR count). The smallest absolute Gasteiger partial charge is 0.0637 e. The monoisotopic (exact) mass is 198 g/mol. The van der Waals surface area contributed by atoms with Crippen molar-refractivity contribution in [1.82, 2.24) is 4.90 Å². The third kappa shape index (κ3) is 4.33. The highest BCUT2D eigenvalue weighted by Gasteiger charge is 2.04. The van der Waals surface area contributed by atoms with E-state index in [4.69, 9.17) is 10.5 Å². The van der Waals surface area contributed by atoms with E-state index in [2.05, 4.69) is 11.8 Å². The minimum Gasteiger partial charge on any atom is -0.397 e. The normalized spacial score (nSPS) is 13.1. The maximum atomic E-state index is 5.92. The highest BCUT2D eigenvalue weighted by atomic mass is 16.5. The summed E-state index contributed by atoms with van der Waals surface area (Å²) in [6, 6.07) is 0. The van der Waals surface area contributed by atoms with Crippen molar-refractivity contribution in [3.8, 4) is 0 Å². The van der Waals surface area contributed by atoms with Gasteiger partial charge in [0.1, 0.15) is 0 Å². The van der Waals surface area contributed by atoms with E-state index in [1.54, 1.807) is 7.11 Å². The first-order valence-corrected chi connectivity index (χ1v) is 4.98. The summed E-state index contributed by atoms with van der Waals surface area (Å²) in [5, 5.41) is 0. The number of methoxy groups -OCH3 is 1. The molecule has 82 valence electrons. The molecule has 0 fully saturated rings. The zero-order chi connectivity index (χ0) is 11.0. The first kappa shape index (κ1) is 13.0. The SMILES string of the molecule is C/C=C\C(N)=C(/CC)N(C)CCOC. The van der Waals surface area contributed by atoms with Gasteiger partial charge in [0.05, 0.1) is 12.3 Å². The van der Waals surface area contributed by atoms with Crippen molar-refractivity contribution in [2.45, 2.75) is 20.3 Å². The van der Waals surface area contributed by atoms with Gasteiger partial charge in [-0.15, -0.1) is 0 Å². The summed E-state index contributed by atoms with van der Waals surface area (Å²) in [6.07, 6.45) is 4.83. The number of hydrogen-bond donors (Lipinski definition) is 1. The summed E-state index contributed by atoms with van der Waals surface area (Å²) in [5.41, 5.74) is 7.93. The second kappa shape index (κ2) is 7.44. The highest BCUT2D eigenvalue weighted by molar-refractivity contribution is 5.21. The molecule has 0 heterocycles. The van der Waals surface area contributed by atoms with Gasteiger partial charge in [-0.1, -0.05) is 13.0 Å². The van der Waals surface area contributed by atoms with Crippen molar-refractivity contribution in [3.63, 3.8) is 0 Å². The molecule has 0 aliphatic rings. The molecule has 14 heavy (non-hydrogen) atoms. The Morgan fingerprint density at radius 2 is 2.14 bits per heavy atom. The molecule has 0 amide bonds. The summed E-state index contributed by atoms with van der Waals surface area (Å²) >= 11 is 0. The van der Waals surface area contributed by atoms with Crippen molar-refractivity contribution < 1.29 is 4.74 Å². The van der Waals surface area contributed by atoms with E-state index in [1.807, 2.05) is 26.1 Å². The fourth-order valence-corrected chi connectivity index (χ4v) is 1.33. The summed E-state index contributed by atoms with van der Waals surface area (Å²) in [4.78, 5) is 2.14. The van der Waals surface area contributed by atoms with Crippen LogP contribution in [0.3, 0.4) is 0 Å². The Morgan fingerprint density at radius 3 is 2.57 bits per heavy atom. The standard InChI is InChI=1S/C11H22N2O/c1-5-7-10(12)11(6-2)13(3)8-9-14-4/h5,7H,6,8-9,12H2,1-4H3/b7-5-,11-10-. The Morgan fingerprint density at radius 1 is 1.50 bits per heavy atom. The molecule has 2 N–H and O–H groups in total. The molecule has 3 nitrogen and oxygen atoms in total. The lowest BCUT2D eigenvalue weighted by molar-refractivity contribution is 0.172. The van der Waals surface area contributed by atoms with Crippen molar-refractivity contribution >= 4 is 0 Å². The maximum absolute atomic E-state index is 5.92. The van der Waals surface area contributed by atoms with Gasteiger partial charge >= 0.3 is 0 Å². The first-order valence-electron chi connectivity index (χ1n) is 4.98. The number of allylic oxidation sites excluding steroid dienone is 3. The highest BCUT2D eigenvalue weighted by Crippen LogP contribution is 2.09. The van der Waals surface area contributed by atoms with Crippen LogP contribution in [0.5, 0.6) is 0 Å². The number of likely N-dealkylation sites (N-methyl/N-ethyl adjacent to an activating group) is 1. The molecule has 3 heteroatoms. The Balaban J connectivity index is 4.45. The Labute approximate surface area is 87.2 Å². The molecule has 0 aromatic carbocycles. The molecule has 0 unspecified atom stereocenters. The van der Waals surface area contributed by atoms with E-state index in [1.165, 1.54) is 5.70 Å². The lowest BCUT2D eigenvalue weighted by atomic mass is 10.2. The summed E-state index contributed by atoms with van der Waals surface area (Å²) in [7, 11) is 3.74. The van der Waals surface area contributed by atoms with E-state index in [9.17, 15) is 0 Å². The van der Waals surface area contributed by atoms with Gasteiger partial charge in [-0.3, -0.25) is 0 Å². The van der Waals surface area contributed by atoms with Crippen molar-refractivity contribution in [3.05, 3.63) is 23.5 Å². The molecule has 0 saturated heterocycles. The molecule has 0 atom stereocenters. The van der Waals surface area contributed by atoms with E-state index in [-0.39, 0.29) is 0 Å². The number of nitrogens with two attached hydrogens (primary N) is 1. The topological polar surface area (TPSA) is 38.5 Å². The number of ether oxygens (including phenoxy) is 1. The van der Waals surface area contributed by atoms with Crippen molar-refractivity contribution in [2.24, 2.45) is 5.73 Å². The third-order valence-electron chi connectivity index (χ3n) is 2.11. The molecule has 0 aromatic rings. The zero-order valence-electron chi connectivity index (χ0n) is 9.71. The maximum Gasteiger partial charge on any atom is 0.0637 e. The quantitative estimate of drug-likeness (QED) is 0.660. The average Bonchev–Trinajstić information content (AvgIpc) is 2.16. The van der Waals surface area contributed by atoms with Crippen LogP contribution >= 0.6 is 0 Å². The van der Waals surface area contributed by atoms with Crippen LogP contribution in [0.4, 0.5) is 0 Å². The van der Waals surface area contributed by atoms with E-state index in [0.29, 0.717) is 0 Å². The molecular formula is C11H22N2O. The average molecular weight is 198 g/mol. The fourth-order valence-electron chi connectivity index (χ4n) is 1.33. The Bertz CT molecular complexity index is 209. The van der Waals surface area contributed by atoms with Gasteiger partial charge in [0, 0.05) is 26.4 Å². The second-order valence-electron chi connectivity index (χ2n) is 3.17. The van der Waals surface area contributed by atoms with Gasteiger partial charge in [0.2, 0.25) is 0 Å². The molecule has 0 saturated carbocycles. The summed E-state index contributed by atoms with van der Waals surface area (Å²) < 4.78 is 5.02. The van der Waals surface area contributed by atoms with Gasteiger partial charge in [-0.25, -0.2) is 0 Å². The number of rotatable bonds is 6. The lowest BCUT2D eigenvalue weighted by Gasteiger charge is -2.22. The Hall–Kier alpha value is -0.960. The van der Waals surface area contributed by atoms with E-state index >= 15 is 0 Å². The number of nitrogens with zero attached hydrogens (tertiary/aromatic N) is 1. The first-order chi connectivity index (χ1) is 6.67. The van der Waals surface area contributed by atoms with Gasteiger partial charge in [-0.2, -0.15) is 0 Å². The van der Waals surface area contributed by atoms with Crippen LogP contribution < -0.4 is 5.73 Å². The summed E-state index contributed by atoms with van der Waals surface area (Å²) in [5.74, 6) is 0. The van der Waals surface area contributed by atoms with Crippen LogP contribution in [0.15, 0.2) is 23.5 Å². The van der Waals surface area contributed by atoms with Crippen LogP contribution in [-0.4, -0.2) is 32.2 Å². The largest absolute Gasteiger partial charge is 0.397 e. The van der Waals surface area contributed by atoms with Crippen LogP contribution in [-0.2, 0) is 4.74 Å². The second-order valence-corrected chi connectivity index (χ2v) is 3.17. The minimum absolute atomic E-state index is 0.725. The van der Waals surface area contributed by atoms with Crippen LogP contribution in [0.2, 0.25) is 0 Å². The van der Waals surface area contributed by atoms with E-state index < -0.39 is 0 Å². The lowest BCUT2D eigenvalue weighted by Crippen LogP contribution is -2.24. The predicted molar refractivity (Wildman–Crippen MR) is 60.8 cm³/mol. The minimum atomic E-state index is 0.725. The molecule has 0 radical (unpaired) electrons. The molecule has 0 aromatic heterocycles. The molecule has 0 aliphatic carbocycles. The Kier molecular flexibility index (Phi) is 6.93. The van der Waals surface area contributed by atoms with Crippen LogP contribution in [0.1, 0.15) is 20.3 Å². The van der Waals surface area contributed by atoms with Gasteiger partial charge in [0.25, 0.3) is 0 Å². The van der Waals surface area contributed by atoms with Crippen LogP contribution in [0.25, 0.3) is 0 Å². The van der Waals surface area contributed by atoms with Crippen molar-refractivity contribution in [1.29, 1.82) is 0 Å². The predicted octanol–water partition coefficient (Wildman–Crippen LogP) is 1.72. The summed E-state index contributed by atoms with van der Waals surface area (Å²) in [6.45, 7) is 5.67. The molecule has 0 bridgehead atoms. The molecular weight excluding hydrogens is 176 g/mol. The van der Waals surface area contributed by atoms with Crippen LogP contribution in [0, 0.1) is 0 Å². The number of hydrogen-bond acceptors (Lipinski definition) is 3. The zero-order valence-corrected chi connectivity index (χ0v) is 9.71. The fraction of sp³-hybridized carbons (Fsp3) is 0.636. The third-order valence-corrected chi connectivity index (χ3v) is 2.11. The van der Waals surface area contributed by atoms with E-state index in [0.717, 1.165) is 25.3 Å². The molecule has 0 aliphatic heterocycles.